The molecule has 41 heavy (non-hydrogen) atoms. The molecule has 0 amide bonds. The lowest BCUT2D eigenvalue weighted by molar-refractivity contribution is 0.617. The number of furan rings is 1. The maximum Gasteiger partial charge on any atom is 0.134 e. The molecule has 0 saturated heterocycles. The van der Waals surface area contributed by atoms with Crippen molar-refractivity contribution in [3.05, 3.63) is 152 Å². The van der Waals surface area contributed by atoms with E-state index in [1.165, 1.54) is 6.20 Å². The molecule has 0 N–H and O–H groups in total. The number of benzene rings is 6. The molecule has 0 unspecified atom stereocenters. The van der Waals surface area contributed by atoms with E-state index in [0.29, 0.717) is 38.4 Å². The van der Waals surface area contributed by atoms with Crippen LogP contribution in [0.1, 0.15) is 17.8 Å². The van der Waals surface area contributed by atoms with Crippen LogP contribution in [0.5, 0.6) is 0 Å². The summed E-state index contributed by atoms with van der Waals surface area (Å²) in [5.74, 6) is 0. The van der Waals surface area contributed by atoms with Crippen LogP contribution in [-0.4, -0.2) is 4.98 Å². The van der Waals surface area contributed by atoms with Crippen LogP contribution in [0.2, 0.25) is 0 Å². The Balaban J connectivity index is 1.54. The van der Waals surface area contributed by atoms with Gasteiger partial charge in [0.15, 0.2) is 0 Å². The molecule has 6 aromatic carbocycles. The second-order valence-corrected chi connectivity index (χ2v) is 9.34. The van der Waals surface area contributed by atoms with Crippen molar-refractivity contribution >= 4 is 32.5 Å². The molecule has 2 nitrogen and oxygen atoms in total. The summed E-state index contributed by atoms with van der Waals surface area (Å²) in [7, 11) is 0. The maximum atomic E-state index is 9.48. The first kappa shape index (κ1) is 13.7. The van der Waals surface area contributed by atoms with Gasteiger partial charge in [0.25, 0.3) is 0 Å². The van der Waals surface area contributed by atoms with Crippen LogP contribution in [0.25, 0.3) is 77.2 Å². The minimum absolute atomic E-state index is 0.0942. The zero-order chi connectivity index (χ0) is 38.5. The monoisotopic (exact) mass is 536 g/mol. The Hall–Kier alpha value is -5.47. The van der Waals surface area contributed by atoms with Crippen molar-refractivity contribution in [2.24, 2.45) is 0 Å². The second-order valence-electron chi connectivity index (χ2n) is 9.34. The number of aromatic nitrogens is 1. The molecule has 0 saturated carbocycles. The van der Waals surface area contributed by atoms with Crippen molar-refractivity contribution in [3.8, 4) is 44.6 Å². The van der Waals surface area contributed by atoms with Gasteiger partial charge in [-0.15, -0.1) is 0 Å². The fraction of sp³-hybridized carbons (Fsp3) is 0. The lowest BCUT2D eigenvalue weighted by Gasteiger charge is -2.17. The van der Waals surface area contributed by atoms with Crippen LogP contribution >= 0.6 is 0 Å². The molecule has 0 spiro atoms. The zero-order valence-corrected chi connectivity index (χ0v) is 21.3. The molecule has 0 aliphatic heterocycles. The highest BCUT2D eigenvalue weighted by atomic mass is 16.3. The number of hydrogen-bond acceptors (Lipinski definition) is 2. The van der Waals surface area contributed by atoms with Gasteiger partial charge in [0.2, 0.25) is 0 Å². The lowest BCUT2D eigenvalue weighted by Crippen LogP contribution is -1.91. The number of rotatable bonds is 4. The Labute approximate surface area is 256 Å². The molecule has 0 bridgehead atoms. The fourth-order valence-corrected chi connectivity index (χ4v) is 5.25. The summed E-state index contributed by atoms with van der Waals surface area (Å²) in [6, 6.07) is 12.7. The Morgan fingerprint density at radius 2 is 1.17 bits per heavy atom. The Bertz CT molecular complexity index is 2840. The van der Waals surface area contributed by atoms with Gasteiger partial charge in [0, 0.05) is 28.3 Å². The molecule has 2 heteroatoms. The quantitative estimate of drug-likeness (QED) is 0.209. The van der Waals surface area contributed by atoms with E-state index in [1.54, 1.807) is 66.7 Å². The van der Waals surface area contributed by atoms with Gasteiger partial charge >= 0.3 is 0 Å². The summed E-state index contributed by atoms with van der Waals surface area (Å²) < 4.78 is 120. The first-order valence-electron chi connectivity index (χ1n) is 19.3. The maximum absolute atomic E-state index is 9.48. The van der Waals surface area contributed by atoms with Crippen LogP contribution in [0.4, 0.5) is 0 Å². The van der Waals surface area contributed by atoms with E-state index < -0.39 is 59.9 Å². The fourth-order valence-electron chi connectivity index (χ4n) is 5.25. The van der Waals surface area contributed by atoms with Gasteiger partial charge in [-0.25, -0.2) is 0 Å². The molecule has 8 rings (SSSR count). The lowest BCUT2D eigenvalue weighted by atomic mass is 9.85. The Morgan fingerprint density at radius 3 is 1.88 bits per heavy atom. The molecule has 2 aromatic heterocycles. The van der Waals surface area contributed by atoms with Gasteiger partial charge < -0.3 is 4.42 Å². The van der Waals surface area contributed by atoms with Crippen molar-refractivity contribution < 1.29 is 22.2 Å². The number of nitrogens with zero attached hydrogens (tertiary/aromatic N) is 1. The largest absolute Gasteiger partial charge is 0.464 e. The van der Waals surface area contributed by atoms with Gasteiger partial charge in [0.1, 0.15) is 6.95 Å². The third-order valence-electron chi connectivity index (χ3n) is 7.01. The summed E-state index contributed by atoms with van der Waals surface area (Å²) in [4.78, 5) is 4.34. The molecule has 0 fully saturated rings. The average Bonchev–Trinajstić information content (AvgIpc) is 3.52. The van der Waals surface area contributed by atoms with E-state index in [1.807, 2.05) is 0 Å². The number of pyridine rings is 1. The van der Waals surface area contributed by atoms with Crippen molar-refractivity contribution in [2.75, 3.05) is 0 Å². The van der Waals surface area contributed by atoms with Crippen molar-refractivity contribution in [1.29, 1.82) is 0 Å². The molecular weight excluding hydrogens is 498 g/mol. The van der Waals surface area contributed by atoms with Gasteiger partial charge in [-0.3, -0.25) is 4.98 Å². The summed E-state index contributed by atoms with van der Waals surface area (Å²) in [6.45, 7) is 0. The van der Waals surface area contributed by atoms with E-state index >= 15 is 0 Å². The highest BCUT2D eigenvalue weighted by molar-refractivity contribution is 6.23. The van der Waals surface area contributed by atoms with Crippen LogP contribution in [0, 0.1) is 0 Å². The molecule has 192 valence electrons. The standard InChI is InChI=1S/C39H25NO/c1-2-11-26(12-3-1)27-13-10-14-29(23-27)38-30-15-4-6-17-32(30)39(33-18-7-5-16-31(33)38)35-25-41-37-21-20-28(24-34(35)37)36-19-8-9-22-40-36/h1-25H/i1D,2D,3D,10D,11D,12D,13D,14D,20D,21D,23D,24D,25D. The third kappa shape index (κ3) is 3.92. The smallest absolute Gasteiger partial charge is 0.134 e. The summed E-state index contributed by atoms with van der Waals surface area (Å²) in [6.07, 6.45) is 1.17. The molecule has 2 heterocycles. The summed E-state index contributed by atoms with van der Waals surface area (Å²) in [5, 5.41) is 2.01. The third-order valence-corrected chi connectivity index (χ3v) is 7.01. The van der Waals surface area contributed by atoms with Crippen molar-refractivity contribution in [2.45, 2.75) is 0 Å². The number of fused-ring (bicyclic) bond motifs is 3. The number of hydrogen-bond donors (Lipinski definition) is 0. The topological polar surface area (TPSA) is 26.0 Å². The molecule has 0 aliphatic carbocycles. The SMILES string of the molecule is [2H]c1oc2c([2H])c([2H])c(-c3ccccn3)c([2H])c2c1-c1c2ccccc2c(-c2c([2H])c([2H])c([2H])c(-c3c([2H])c([2H])c([2H])c([2H])c3[2H])c2[2H])c2ccccc12. The van der Waals surface area contributed by atoms with E-state index in [-0.39, 0.29) is 57.6 Å². The van der Waals surface area contributed by atoms with Crippen LogP contribution in [0.15, 0.2) is 156 Å². The van der Waals surface area contributed by atoms with Crippen LogP contribution < -0.4 is 0 Å². The average molecular weight is 537 g/mol. The predicted molar refractivity (Wildman–Crippen MR) is 171 cm³/mol. The normalized spacial score (nSPS) is 15.9. The Morgan fingerprint density at radius 1 is 0.512 bits per heavy atom. The highest BCUT2D eigenvalue weighted by Crippen LogP contribution is 2.46. The van der Waals surface area contributed by atoms with E-state index in [2.05, 4.69) is 4.98 Å². The van der Waals surface area contributed by atoms with E-state index in [9.17, 15) is 2.74 Å². The minimum Gasteiger partial charge on any atom is -0.464 e. The van der Waals surface area contributed by atoms with Crippen molar-refractivity contribution in [3.63, 3.8) is 0 Å². The first-order valence-corrected chi connectivity index (χ1v) is 12.8. The summed E-state index contributed by atoms with van der Waals surface area (Å²) in [5.41, 5.74) is 0.293. The van der Waals surface area contributed by atoms with Crippen molar-refractivity contribution in [1.82, 2.24) is 4.98 Å². The first-order chi connectivity index (χ1) is 25.8. The van der Waals surface area contributed by atoms with Crippen LogP contribution in [-0.2, 0) is 0 Å². The molecule has 0 aliphatic rings. The van der Waals surface area contributed by atoms with Gasteiger partial charge in [-0.1, -0.05) is 103 Å². The minimum atomic E-state index is -0.667. The second kappa shape index (κ2) is 9.62. The Kier molecular flexibility index (Phi) is 3.22. The van der Waals surface area contributed by atoms with Crippen LogP contribution in [0.3, 0.4) is 0 Å². The van der Waals surface area contributed by atoms with Gasteiger partial charge in [-0.2, -0.15) is 0 Å². The van der Waals surface area contributed by atoms with Gasteiger partial charge in [-0.05, 0) is 80.1 Å². The molecule has 0 radical (unpaired) electrons. The predicted octanol–water partition coefficient (Wildman–Crippen LogP) is 10.8. The molecular formula is C39H25NO. The molecule has 0 atom stereocenters. The highest BCUT2D eigenvalue weighted by Gasteiger charge is 2.20. The van der Waals surface area contributed by atoms with E-state index in [0.717, 1.165) is 0 Å². The molecule has 8 aromatic rings. The zero-order valence-electron chi connectivity index (χ0n) is 34.3. The van der Waals surface area contributed by atoms with Gasteiger partial charge in [0.05, 0.1) is 28.4 Å². The summed E-state index contributed by atoms with van der Waals surface area (Å²) >= 11 is 0. The van der Waals surface area contributed by atoms with E-state index in [4.69, 9.17) is 19.5 Å².